The molecule has 2 fully saturated rings. The van der Waals surface area contributed by atoms with Crippen LogP contribution < -0.4 is 4.74 Å². The Morgan fingerprint density at radius 1 is 1.29 bits per heavy atom. The molecule has 24 heavy (non-hydrogen) atoms. The molecule has 2 aliphatic rings. The number of carbonyl (C=O) groups is 1. The Labute approximate surface area is 143 Å². The van der Waals surface area contributed by atoms with Gasteiger partial charge < -0.3 is 9.64 Å². The summed E-state index contributed by atoms with van der Waals surface area (Å²) in [5.74, 6) is 0.410. The normalized spacial score (nSPS) is 23.3. The average Bonchev–Trinajstić information content (AvgIpc) is 3.18. The van der Waals surface area contributed by atoms with Crippen molar-refractivity contribution in [2.45, 2.75) is 51.1 Å². The fourth-order valence-electron chi connectivity index (χ4n) is 3.75. The van der Waals surface area contributed by atoms with E-state index in [4.69, 9.17) is 4.74 Å². The SMILES string of the molecule is CCOc1ncccc1C(=O)N(C1CCCC1)[C@H]1CCS(=O)(=O)C1. The standard InChI is InChI=1S/C17H24N2O4S/c1-2-23-16-15(8-5-10-18-16)17(20)19(13-6-3-4-7-13)14-9-11-24(21,22)12-14/h5,8,10,13-14H,2-4,6-7,9,11-12H2,1H3/t14-/m0/s1. The van der Waals surface area contributed by atoms with Crippen LogP contribution in [0.4, 0.5) is 0 Å². The van der Waals surface area contributed by atoms with Gasteiger partial charge in [0.05, 0.1) is 18.1 Å². The van der Waals surface area contributed by atoms with Crippen molar-refractivity contribution < 1.29 is 17.9 Å². The molecule has 1 aromatic rings. The second kappa shape index (κ2) is 7.09. The predicted octanol–water partition coefficient (Wildman–Crippen LogP) is 2.05. The molecule has 0 N–H and O–H groups in total. The average molecular weight is 352 g/mol. The summed E-state index contributed by atoms with van der Waals surface area (Å²) in [6, 6.07) is 3.31. The molecule has 1 aromatic heterocycles. The summed E-state index contributed by atoms with van der Waals surface area (Å²) in [5.41, 5.74) is 0.426. The first-order valence-electron chi connectivity index (χ1n) is 8.62. The maximum atomic E-state index is 13.2. The van der Waals surface area contributed by atoms with Gasteiger partial charge >= 0.3 is 0 Å². The van der Waals surface area contributed by atoms with E-state index < -0.39 is 9.84 Å². The molecule has 7 heteroatoms. The highest BCUT2D eigenvalue weighted by atomic mass is 32.2. The molecule has 1 saturated heterocycles. The quantitative estimate of drug-likeness (QED) is 0.811. The number of carbonyl (C=O) groups excluding carboxylic acids is 1. The highest BCUT2D eigenvalue weighted by molar-refractivity contribution is 7.91. The van der Waals surface area contributed by atoms with Gasteiger partial charge in [-0.05, 0) is 38.3 Å². The molecule has 1 aliphatic carbocycles. The first-order valence-corrected chi connectivity index (χ1v) is 10.4. The zero-order valence-corrected chi connectivity index (χ0v) is 14.8. The van der Waals surface area contributed by atoms with Gasteiger partial charge in [0.2, 0.25) is 5.88 Å². The number of amides is 1. The van der Waals surface area contributed by atoms with E-state index in [1.54, 1.807) is 18.3 Å². The third-order valence-electron chi connectivity index (χ3n) is 4.84. The minimum absolute atomic E-state index is 0.0689. The van der Waals surface area contributed by atoms with Crippen molar-refractivity contribution in [3.05, 3.63) is 23.9 Å². The molecule has 0 unspecified atom stereocenters. The molecule has 132 valence electrons. The van der Waals surface area contributed by atoms with Gasteiger partial charge in [0.1, 0.15) is 5.56 Å². The molecule has 0 aromatic carbocycles. The number of ether oxygens (including phenoxy) is 1. The number of aromatic nitrogens is 1. The maximum absolute atomic E-state index is 13.2. The lowest BCUT2D eigenvalue weighted by atomic mass is 10.1. The van der Waals surface area contributed by atoms with Crippen molar-refractivity contribution in [3.8, 4) is 5.88 Å². The van der Waals surface area contributed by atoms with E-state index in [1.165, 1.54) is 0 Å². The van der Waals surface area contributed by atoms with Crippen LogP contribution in [0.3, 0.4) is 0 Å². The molecule has 1 atom stereocenters. The highest BCUT2D eigenvalue weighted by Gasteiger charge is 2.40. The Morgan fingerprint density at radius 3 is 2.67 bits per heavy atom. The Balaban J connectivity index is 1.92. The fraction of sp³-hybridized carbons (Fsp3) is 0.647. The Hall–Kier alpha value is -1.63. The zero-order valence-electron chi connectivity index (χ0n) is 14.0. The Morgan fingerprint density at radius 2 is 2.04 bits per heavy atom. The summed E-state index contributed by atoms with van der Waals surface area (Å²) in [6.07, 6.45) is 6.16. The van der Waals surface area contributed by atoms with E-state index in [9.17, 15) is 13.2 Å². The second-order valence-electron chi connectivity index (χ2n) is 6.50. The molecule has 1 aliphatic heterocycles. The topological polar surface area (TPSA) is 76.6 Å². The number of pyridine rings is 1. The van der Waals surface area contributed by atoms with Crippen LogP contribution in [0.2, 0.25) is 0 Å². The van der Waals surface area contributed by atoms with Crippen LogP contribution in [-0.2, 0) is 9.84 Å². The molecule has 1 amide bonds. The number of hydrogen-bond donors (Lipinski definition) is 0. The van der Waals surface area contributed by atoms with Gasteiger partial charge in [0, 0.05) is 18.3 Å². The summed E-state index contributed by atoms with van der Waals surface area (Å²) in [6.45, 7) is 2.28. The Bertz CT molecular complexity index is 698. The lowest BCUT2D eigenvalue weighted by molar-refractivity contribution is 0.0596. The molecule has 3 rings (SSSR count). The third kappa shape index (κ3) is 3.55. The van der Waals surface area contributed by atoms with Gasteiger partial charge in [-0.2, -0.15) is 0 Å². The molecule has 0 spiro atoms. The van der Waals surface area contributed by atoms with Crippen LogP contribution in [0.25, 0.3) is 0 Å². The van der Waals surface area contributed by atoms with Crippen molar-refractivity contribution in [1.29, 1.82) is 0 Å². The van der Waals surface area contributed by atoms with E-state index >= 15 is 0 Å². The van der Waals surface area contributed by atoms with Gasteiger partial charge in [0.15, 0.2) is 9.84 Å². The van der Waals surface area contributed by atoms with E-state index in [-0.39, 0.29) is 29.5 Å². The van der Waals surface area contributed by atoms with Crippen LogP contribution in [0, 0.1) is 0 Å². The van der Waals surface area contributed by atoms with Crippen LogP contribution >= 0.6 is 0 Å². The van der Waals surface area contributed by atoms with Crippen molar-refractivity contribution >= 4 is 15.7 Å². The molecule has 6 nitrogen and oxygen atoms in total. The summed E-state index contributed by atoms with van der Waals surface area (Å²) < 4.78 is 29.3. The van der Waals surface area contributed by atoms with Gasteiger partial charge in [0.25, 0.3) is 5.91 Å². The summed E-state index contributed by atoms with van der Waals surface area (Å²) >= 11 is 0. The fourth-order valence-corrected chi connectivity index (χ4v) is 5.46. The first-order chi connectivity index (χ1) is 11.5. The molecule has 1 saturated carbocycles. The van der Waals surface area contributed by atoms with E-state index in [1.807, 2.05) is 11.8 Å². The lowest BCUT2D eigenvalue weighted by Crippen LogP contribution is -2.47. The first kappa shape index (κ1) is 17.2. The molecule has 0 bridgehead atoms. The monoisotopic (exact) mass is 352 g/mol. The van der Waals surface area contributed by atoms with E-state index in [0.717, 1.165) is 25.7 Å². The van der Waals surface area contributed by atoms with E-state index in [0.29, 0.717) is 24.5 Å². The van der Waals surface area contributed by atoms with Crippen molar-refractivity contribution in [1.82, 2.24) is 9.88 Å². The summed E-state index contributed by atoms with van der Waals surface area (Å²) in [7, 11) is -3.05. The van der Waals surface area contributed by atoms with Crippen LogP contribution in [0.1, 0.15) is 49.4 Å². The van der Waals surface area contributed by atoms with Crippen molar-refractivity contribution in [2.75, 3.05) is 18.1 Å². The predicted molar refractivity (Wildman–Crippen MR) is 90.9 cm³/mol. The Kier molecular flexibility index (Phi) is 5.08. The van der Waals surface area contributed by atoms with E-state index in [2.05, 4.69) is 4.98 Å². The molecule has 0 radical (unpaired) electrons. The highest BCUT2D eigenvalue weighted by Crippen LogP contribution is 2.31. The lowest BCUT2D eigenvalue weighted by Gasteiger charge is -2.34. The largest absolute Gasteiger partial charge is 0.477 e. The van der Waals surface area contributed by atoms with Gasteiger partial charge in [-0.15, -0.1) is 0 Å². The molecule has 2 heterocycles. The summed E-state index contributed by atoms with van der Waals surface area (Å²) in [5, 5.41) is 0. The zero-order chi connectivity index (χ0) is 17.2. The number of hydrogen-bond acceptors (Lipinski definition) is 5. The van der Waals surface area contributed by atoms with Gasteiger partial charge in [-0.3, -0.25) is 4.79 Å². The number of rotatable bonds is 5. The van der Waals surface area contributed by atoms with Gasteiger partial charge in [-0.25, -0.2) is 13.4 Å². The van der Waals surface area contributed by atoms with Crippen LogP contribution in [-0.4, -0.2) is 54.4 Å². The van der Waals surface area contributed by atoms with Gasteiger partial charge in [-0.1, -0.05) is 12.8 Å². The minimum Gasteiger partial charge on any atom is -0.477 e. The number of nitrogens with zero attached hydrogens (tertiary/aromatic N) is 2. The number of sulfone groups is 1. The molecular weight excluding hydrogens is 328 g/mol. The summed E-state index contributed by atoms with van der Waals surface area (Å²) in [4.78, 5) is 19.2. The third-order valence-corrected chi connectivity index (χ3v) is 6.59. The maximum Gasteiger partial charge on any atom is 0.259 e. The minimum atomic E-state index is -3.05. The molecular formula is C17H24N2O4S. The van der Waals surface area contributed by atoms with Crippen molar-refractivity contribution in [2.24, 2.45) is 0 Å². The van der Waals surface area contributed by atoms with Crippen LogP contribution in [0.5, 0.6) is 5.88 Å². The second-order valence-corrected chi connectivity index (χ2v) is 8.73. The van der Waals surface area contributed by atoms with Crippen molar-refractivity contribution in [3.63, 3.8) is 0 Å². The smallest absolute Gasteiger partial charge is 0.259 e. The van der Waals surface area contributed by atoms with Crippen LogP contribution in [0.15, 0.2) is 18.3 Å².